The summed E-state index contributed by atoms with van der Waals surface area (Å²) in [5.41, 5.74) is 4.58. The Bertz CT molecular complexity index is 2710. The number of hydrogen-bond acceptors (Lipinski definition) is 10. The number of aliphatic hydroxyl groups is 1. The summed E-state index contributed by atoms with van der Waals surface area (Å²) in [6.07, 6.45) is 2.20. The number of likely N-dealkylation sites (tertiary alicyclic amines) is 1. The lowest BCUT2D eigenvalue weighted by Crippen LogP contribution is -2.58. The number of aromatic amines is 1. The number of aryl methyl sites for hydroxylation is 1. The van der Waals surface area contributed by atoms with Crippen LogP contribution in [0.25, 0.3) is 27.4 Å². The maximum absolute atomic E-state index is 16.1. The molecule has 0 radical (unpaired) electrons. The molecule has 4 heterocycles. The van der Waals surface area contributed by atoms with Gasteiger partial charge in [0.1, 0.15) is 36.0 Å². The Hall–Kier alpha value is -5.92. The highest BCUT2D eigenvalue weighted by atomic mass is 32.1. The van der Waals surface area contributed by atoms with E-state index in [-0.39, 0.29) is 76.2 Å². The summed E-state index contributed by atoms with van der Waals surface area (Å²) in [6, 6.07) is 14.7. The number of halogens is 3. The Labute approximate surface area is 416 Å². The number of carbonyl (C=O) groups is 4. The van der Waals surface area contributed by atoms with Crippen molar-refractivity contribution in [1.82, 2.24) is 35.7 Å². The average molecular weight is 1000 g/mol. The third-order valence-corrected chi connectivity index (χ3v) is 13.7. The standard InChI is InChI=1S/C53H64F3N7O7S/c1-31-22-38-37-10-8-9-11-41(37)60-46(38)47(63(31)29-53(6,7)56)45-39(54)23-34(24-40(45)55)14-17-43(65)57-18-19-69-20-21-70-28-44(66)61-49(52(3,4)5)51(68)62-27-36(64)25-42(62)50(67)58-26-33-12-15-35(16-13-33)48-32(2)59-30-71-48/h8-17,23-24,30-31,36,42,47,49,60,64H,18-22,25-29H2,1-7H3,(H,57,65)(H,58,67)(H,61,66)/b17-14+/t31-,36-,42+,47-,49-/m1/s1. The van der Waals surface area contributed by atoms with Crippen molar-refractivity contribution in [3.05, 3.63) is 118 Å². The van der Waals surface area contributed by atoms with Gasteiger partial charge in [0, 0.05) is 66.9 Å². The van der Waals surface area contributed by atoms with Gasteiger partial charge in [0.25, 0.3) is 0 Å². The van der Waals surface area contributed by atoms with Crippen LogP contribution < -0.4 is 16.0 Å². The summed E-state index contributed by atoms with van der Waals surface area (Å²) in [6.45, 7) is 12.2. The molecule has 14 nitrogen and oxygen atoms in total. The normalized spacial score (nSPS) is 19.0. The Morgan fingerprint density at radius 3 is 2.37 bits per heavy atom. The average Bonchev–Trinajstić information content (AvgIpc) is 4.03. The molecule has 7 rings (SSSR count). The van der Waals surface area contributed by atoms with Gasteiger partial charge in [0.15, 0.2) is 0 Å². The molecule has 2 aliphatic heterocycles. The zero-order chi connectivity index (χ0) is 51.2. The number of ether oxygens (including phenoxy) is 2. The summed E-state index contributed by atoms with van der Waals surface area (Å²) in [4.78, 5) is 64.9. The van der Waals surface area contributed by atoms with Crippen LogP contribution in [0, 0.1) is 24.0 Å². The van der Waals surface area contributed by atoms with E-state index >= 15 is 13.2 Å². The molecule has 0 spiro atoms. The van der Waals surface area contributed by atoms with E-state index in [1.807, 2.05) is 62.4 Å². The SMILES string of the molecule is Cc1ncsc1-c1ccc(CNC(=O)[C@@H]2C[C@@H](O)CN2C(=O)[C@@H](NC(=O)COCCOCCNC(=O)/C=C/c2cc(F)c([C@@H]3c4[nH]c5ccccc5c4C[C@@H](C)N3CC(C)(C)F)c(F)c2)C(C)(C)C)cc1. The van der Waals surface area contributed by atoms with Crippen LogP contribution in [-0.2, 0) is 41.6 Å². The summed E-state index contributed by atoms with van der Waals surface area (Å²) in [5, 5.41) is 19.8. The molecule has 0 unspecified atom stereocenters. The first kappa shape index (κ1) is 52.9. The van der Waals surface area contributed by atoms with Gasteiger partial charge in [0.2, 0.25) is 23.6 Å². The van der Waals surface area contributed by atoms with Gasteiger partial charge in [-0.05, 0) is 86.1 Å². The smallest absolute Gasteiger partial charge is 0.246 e. The first-order valence-electron chi connectivity index (χ1n) is 23.9. The van der Waals surface area contributed by atoms with E-state index in [0.717, 1.165) is 56.4 Å². The number of thiazole rings is 1. The molecular weight excluding hydrogens is 936 g/mol. The highest BCUT2D eigenvalue weighted by Crippen LogP contribution is 2.43. The fourth-order valence-corrected chi connectivity index (χ4v) is 10.1. The van der Waals surface area contributed by atoms with Crippen molar-refractivity contribution in [3.63, 3.8) is 0 Å². The van der Waals surface area contributed by atoms with E-state index in [9.17, 15) is 24.3 Å². The Morgan fingerprint density at radius 1 is 0.986 bits per heavy atom. The molecule has 5 aromatic rings. The van der Waals surface area contributed by atoms with Gasteiger partial charge in [-0.2, -0.15) is 0 Å². The zero-order valence-corrected chi connectivity index (χ0v) is 42.1. The van der Waals surface area contributed by atoms with E-state index in [0.29, 0.717) is 12.1 Å². The molecule has 1 saturated heterocycles. The molecular formula is C53H64F3N7O7S. The van der Waals surface area contributed by atoms with E-state index in [2.05, 4.69) is 25.9 Å². The lowest BCUT2D eigenvalue weighted by Gasteiger charge is -2.43. The maximum Gasteiger partial charge on any atom is 0.246 e. The lowest BCUT2D eigenvalue weighted by molar-refractivity contribution is -0.144. The molecule has 0 saturated carbocycles. The number of nitrogens with one attached hydrogen (secondary N) is 4. The molecule has 71 heavy (non-hydrogen) atoms. The number of aromatic nitrogens is 2. The van der Waals surface area contributed by atoms with E-state index in [1.165, 1.54) is 24.8 Å². The fourth-order valence-electron chi connectivity index (χ4n) is 9.30. The van der Waals surface area contributed by atoms with Gasteiger partial charge in [-0.25, -0.2) is 18.2 Å². The third kappa shape index (κ3) is 13.1. The second kappa shape index (κ2) is 22.7. The predicted molar refractivity (Wildman–Crippen MR) is 267 cm³/mol. The van der Waals surface area contributed by atoms with Gasteiger partial charge < -0.3 is 40.4 Å². The van der Waals surface area contributed by atoms with Crippen LogP contribution in [0.2, 0.25) is 0 Å². The number of carbonyl (C=O) groups excluding carboxylic acids is 4. The summed E-state index contributed by atoms with van der Waals surface area (Å²) in [7, 11) is 0. The van der Waals surface area contributed by atoms with E-state index < -0.39 is 70.6 Å². The van der Waals surface area contributed by atoms with Gasteiger partial charge in [-0.1, -0.05) is 63.2 Å². The molecule has 0 bridgehead atoms. The van der Waals surface area contributed by atoms with Crippen LogP contribution in [0.4, 0.5) is 13.2 Å². The fraction of sp³-hybridized carbons (Fsp3) is 0.453. The Kier molecular flexibility index (Phi) is 16.9. The van der Waals surface area contributed by atoms with Gasteiger partial charge in [-0.3, -0.25) is 24.1 Å². The number of rotatable bonds is 19. The summed E-state index contributed by atoms with van der Waals surface area (Å²) in [5.74, 6) is -3.62. The number of benzene rings is 3. The first-order chi connectivity index (χ1) is 33.7. The highest BCUT2D eigenvalue weighted by Gasteiger charge is 2.45. The van der Waals surface area contributed by atoms with E-state index in [1.54, 1.807) is 42.5 Å². The van der Waals surface area contributed by atoms with Crippen LogP contribution in [0.15, 0.2) is 72.3 Å². The molecule has 18 heteroatoms. The molecule has 5 atom stereocenters. The number of hydrogen-bond donors (Lipinski definition) is 5. The summed E-state index contributed by atoms with van der Waals surface area (Å²) < 4.78 is 58.3. The van der Waals surface area contributed by atoms with E-state index in [4.69, 9.17) is 9.47 Å². The van der Waals surface area contributed by atoms with Crippen LogP contribution in [0.1, 0.15) is 87.6 Å². The van der Waals surface area contributed by atoms with Crippen LogP contribution >= 0.6 is 11.3 Å². The number of β-amino-alcohol motifs (C(OH)–C–C–N with tert-alkyl or cyclic N) is 1. The molecule has 3 aromatic carbocycles. The van der Waals surface area contributed by atoms with Crippen LogP contribution in [-0.4, -0.2) is 124 Å². The molecule has 5 N–H and O–H groups in total. The Morgan fingerprint density at radius 2 is 1.69 bits per heavy atom. The zero-order valence-electron chi connectivity index (χ0n) is 41.2. The van der Waals surface area contributed by atoms with Crippen molar-refractivity contribution < 1.29 is 46.9 Å². The topological polar surface area (TPSA) is 178 Å². The van der Waals surface area contributed by atoms with Gasteiger partial charge in [0.05, 0.1) is 48.0 Å². The number of alkyl halides is 1. The Balaban J connectivity index is 0.838. The lowest BCUT2D eigenvalue weighted by atomic mass is 9.85. The van der Waals surface area contributed by atoms with Crippen molar-refractivity contribution in [2.24, 2.45) is 5.41 Å². The van der Waals surface area contributed by atoms with Gasteiger partial charge >= 0.3 is 0 Å². The van der Waals surface area contributed by atoms with Crippen molar-refractivity contribution in [2.75, 3.05) is 46.1 Å². The minimum Gasteiger partial charge on any atom is -0.391 e. The van der Waals surface area contributed by atoms with Crippen LogP contribution in [0.3, 0.4) is 0 Å². The second-order valence-electron chi connectivity index (χ2n) is 20.0. The minimum atomic E-state index is -1.63. The number of aliphatic hydroxyl groups excluding tert-OH is 1. The first-order valence-corrected chi connectivity index (χ1v) is 24.8. The quantitative estimate of drug-likeness (QED) is 0.0434. The minimum absolute atomic E-state index is 0.0291. The number of fused-ring (bicyclic) bond motifs is 3. The van der Waals surface area contributed by atoms with Gasteiger partial charge in [-0.15, -0.1) is 11.3 Å². The molecule has 2 aromatic heterocycles. The third-order valence-electron chi connectivity index (χ3n) is 12.7. The second-order valence-corrected chi connectivity index (χ2v) is 20.9. The number of para-hydroxylation sites is 1. The maximum atomic E-state index is 16.1. The van der Waals surface area contributed by atoms with Crippen molar-refractivity contribution in [1.29, 1.82) is 0 Å². The highest BCUT2D eigenvalue weighted by molar-refractivity contribution is 7.13. The largest absolute Gasteiger partial charge is 0.391 e. The summed E-state index contributed by atoms with van der Waals surface area (Å²) >= 11 is 1.55. The molecule has 4 amide bonds. The van der Waals surface area contributed by atoms with Crippen molar-refractivity contribution >= 4 is 51.9 Å². The van der Waals surface area contributed by atoms with Crippen molar-refractivity contribution in [2.45, 2.75) is 104 Å². The number of nitrogens with zero attached hydrogens (tertiary/aromatic N) is 3. The molecule has 0 aliphatic carbocycles. The number of H-pyrrole nitrogens is 1. The number of amides is 4. The van der Waals surface area contributed by atoms with Crippen LogP contribution in [0.5, 0.6) is 0 Å². The van der Waals surface area contributed by atoms with Crippen molar-refractivity contribution in [3.8, 4) is 10.4 Å². The predicted octanol–water partition coefficient (Wildman–Crippen LogP) is 6.93. The molecule has 2 aliphatic rings. The molecule has 1 fully saturated rings. The monoisotopic (exact) mass is 999 g/mol. The molecule has 380 valence electrons.